The molecule has 4 nitrogen and oxygen atoms in total. The maximum Gasteiger partial charge on any atom is 0.320 e. The minimum absolute atomic E-state index is 0.133. The van der Waals surface area contributed by atoms with Gasteiger partial charge in [-0.05, 0) is 19.3 Å². The van der Waals surface area contributed by atoms with Gasteiger partial charge in [0, 0.05) is 2.74 Å². The van der Waals surface area contributed by atoms with Crippen LogP contribution in [0, 0.1) is 0 Å². The van der Waals surface area contributed by atoms with Crippen molar-refractivity contribution in [1.29, 1.82) is 0 Å². The molecule has 0 aliphatic rings. The number of rotatable bonds is 5. The second-order valence-corrected chi connectivity index (χ2v) is 2.04. The molecule has 10 heavy (non-hydrogen) atoms. The Hall–Kier alpha value is -0.610. The molecule has 0 saturated carbocycles. The summed E-state index contributed by atoms with van der Waals surface area (Å²) in [5.41, 5.74) is 10.2. The summed E-state index contributed by atoms with van der Waals surface area (Å²) in [7, 11) is 0. The SMILES string of the molecule is [2H]C([2H])(N)C[13CH2]C[13C@H]([15NH2])[13C](=O)O. The third kappa shape index (κ3) is 4.29. The van der Waals surface area contributed by atoms with Crippen LogP contribution in [0.2, 0.25) is 0 Å². The van der Waals surface area contributed by atoms with Crippen molar-refractivity contribution in [1.82, 2.24) is 0 Å². The zero-order valence-corrected chi connectivity index (χ0v) is 5.71. The molecule has 0 unspecified atom stereocenters. The highest BCUT2D eigenvalue weighted by atomic mass is 16.5. The van der Waals surface area contributed by atoms with Gasteiger partial charge >= 0.3 is 5.97 Å². The summed E-state index contributed by atoms with van der Waals surface area (Å²) in [6.45, 7) is -1.72. The molecule has 0 bridgehead atoms. The van der Waals surface area contributed by atoms with Gasteiger partial charge in [0.2, 0.25) is 0 Å². The topological polar surface area (TPSA) is 89.3 Å². The van der Waals surface area contributed by atoms with Gasteiger partial charge in [-0.25, -0.2) is 0 Å². The number of carbonyl (C=O) groups is 1. The lowest BCUT2D eigenvalue weighted by Gasteiger charge is -2.03. The van der Waals surface area contributed by atoms with Gasteiger partial charge in [-0.3, -0.25) is 4.79 Å². The van der Waals surface area contributed by atoms with E-state index in [1.807, 2.05) is 0 Å². The molecule has 0 aromatic rings. The van der Waals surface area contributed by atoms with Crippen molar-refractivity contribution in [2.45, 2.75) is 25.3 Å². The van der Waals surface area contributed by atoms with Crippen LogP contribution in [-0.2, 0) is 4.79 Å². The summed E-state index contributed by atoms with van der Waals surface area (Å²) >= 11 is 0. The fraction of sp³-hybridized carbons (Fsp3) is 0.833. The molecule has 0 rings (SSSR count). The van der Waals surface area contributed by atoms with Crippen molar-refractivity contribution in [2.24, 2.45) is 11.5 Å². The summed E-state index contributed by atoms with van der Waals surface area (Å²) in [6.07, 6.45) is 0.775. The van der Waals surface area contributed by atoms with Crippen LogP contribution in [0.5, 0.6) is 0 Å². The Morgan fingerprint density at radius 3 is 2.70 bits per heavy atom. The summed E-state index contributed by atoms with van der Waals surface area (Å²) in [6, 6.07) is -0.910. The molecule has 0 fully saturated rings. The van der Waals surface area contributed by atoms with Crippen LogP contribution < -0.4 is 11.5 Å². The number of nitrogens with two attached hydrogens (primary N) is 2. The molecule has 0 aliphatic carbocycles. The van der Waals surface area contributed by atoms with E-state index in [0.717, 1.165) is 0 Å². The number of hydrogen-bond donors (Lipinski definition) is 3. The first kappa shape index (κ1) is 6.12. The van der Waals surface area contributed by atoms with Crippen LogP contribution >= 0.6 is 0 Å². The Morgan fingerprint density at radius 2 is 2.30 bits per heavy atom. The van der Waals surface area contributed by atoms with E-state index >= 15 is 0 Å². The highest BCUT2D eigenvalue weighted by Gasteiger charge is 2.09. The highest BCUT2D eigenvalue weighted by Crippen LogP contribution is 1.96. The molecule has 1 atom stereocenters. The van der Waals surface area contributed by atoms with Gasteiger partial charge < -0.3 is 16.6 Å². The van der Waals surface area contributed by atoms with Crippen LogP contribution in [0.15, 0.2) is 0 Å². The largest absolute Gasteiger partial charge is 0.480 e. The second kappa shape index (κ2) is 5.20. The van der Waals surface area contributed by atoms with E-state index < -0.39 is 18.5 Å². The Labute approximate surface area is 63.0 Å². The van der Waals surface area contributed by atoms with Crippen LogP contribution in [0.1, 0.15) is 22.0 Å². The average Bonchev–Trinajstić information content (AvgIpc) is 1.84. The lowest BCUT2D eigenvalue weighted by molar-refractivity contribution is -0.138. The number of hydrogen-bond acceptors (Lipinski definition) is 3. The Bertz CT molecular complexity index is 158. The van der Waals surface area contributed by atoms with E-state index in [0.29, 0.717) is 6.42 Å². The third-order valence-corrected chi connectivity index (χ3v) is 1.15. The fourth-order valence-corrected chi connectivity index (χ4v) is 0.548. The molecule has 0 saturated heterocycles. The van der Waals surface area contributed by atoms with E-state index in [4.69, 9.17) is 19.3 Å². The van der Waals surface area contributed by atoms with E-state index in [1.165, 1.54) is 0 Å². The van der Waals surface area contributed by atoms with Crippen molar-refractivity contribution in [3.63, 3.8) is 0 Å². The first-order chi connectivity index (χ1) is 5.33. The van der Waals surface area contributed by atoms with E-state index in [9.17, 15) is 4.79 Å². The zero-order chi connectivity index (χ0) is 9.78. The normalized spacial score (nSPS) is 17.4. The summed E-state index contributed by atoms with van der Waals surface area (Å²) in [4.78, 5) is 10.2. The lowest BCUT2D eigenvalue weighted by Crippen LogP contribution is -2.29. The smallest absolute Gasteiger partial charge is 0.320 e. The standard InChI is InChI=1S/C6H14N2O2/c7-4-2-1-3-5(8)6(9)10/h5H,1-4,7-8H2,(H,9,10)/t5-/m0/s1/i1+1,4D2,5+1,6+1,8+1. The van der Waals surface area contributed by atoms with Gasteiger partial charge in [0.1, 0.15) is 6.04 Å². The molecule has 5 N–H and O–H groups in total. The summed E-state index contributed by atoms with van der Waals surface area (Å²) in [5, 5.41) is 8.36. The minimum Gasteiger partial charge on any atom is -0.480 e. The first-order valence-corrected chi connectivity index (χ1v) is 3.10. The van der Waals surface area contributed by atoms with Crippen molar-refractivity contribution in [3.8, 4) is 0 Å². The van der Waals surface area contributed by atoms with Gasteiger partial charge in [0.15, 0.2) is 0 Å². The van der Waals surface area contributed by atoms with Gasteiger partial charge in [0.25, 0.3) is 0 Å². The fourth-order valence-electron chi connectivity index (χ4n) is 0.548. The molecule has 0 aromatic carbocycles. The maximum absolute atomic E-state index is 10.2. The van der Waals surface area contributed by atoms with Crippen LogP contribution in [0.4, 0.5) is 0 Å². The molecular weight excluding hydrogens is 136 g/mol. The van der Waals surface area contributed by atoms with Crippen LogP contribution in [-0.4, -0.2) is 23.6 Å². The molecule has 0 spiro atoms. The molecule has 0 amide bonds. The highest BCUT2D eigenvalue weighted by molar-refractivity contribution is 5.72. The number of aliphatic carboxylic acids is 1. The predicted molar refractivity (Wildman–Crippen MR) is 38.5 cm³/mol. The summed E-state index contributed by atoms with van der Waals surface area (Å²) in [5.74, 6) is -1.06. The first-order valence-electron chi connectivity index (χ1n) is 4.10. The van der Waals surface area contributed by atoms with Crippen LogP contribution in [0.3, 0.4) is 0 Å². The molecule has 0 aromatic heterocycles. The van der Waals surface area contributed by atoms with Crippen molar-refractivity contribution in [3.05, 3.63) is 0 Å². The molecule has 0 radical (unpaired) electrons. The van der Waals surface area contributed by atoms with E-state index in [-0.39, 0.29) is 12.8 Å². The Kier molecular flexibility index (Phi) is 3.18. The van der Waals surface area contributed by atoms with Gasteiger partial charge in [0.05, 0.1) is 0 Å². The maximum atomic E-state index is 10.2. The third-order valence-electron chi connectivity index (χ3n) is 1.15. The predicted octanol–water partition coefficient (Wildman–Crippen LogP) is -0.473. The van der Waals surface area contributed by atoms with Crippen molar-refractivity contribution < 1.29 is 12.6 Å². The Balaban J connectivity index is 3.51. The Morgan fingerprint density at radius 1 is 1.70 bits per heavy atom. The number of carboxylic acid groups (broad SMARTS) is 1. The van der Waals surface area contributed by atoms with Crippen LogP contribution in [0.25, 0.3) is 0 Å². The monoisotopic (exact) mass is 152 g/mol. The molecule has 4 heteroatoms. The van der Waals surface area contributed by atoms with Crippen molar-refractivity contribution >= 4 is 5.97 Å². The van der Waals surface area contributed by atoms with Gasteiger partial charge in [-0.2, -0.15) is 0 Å². The molecular formula is C6H14N2O2. The van der Waals surface area contributed by atoms with E-state index in [2.05, 4.69) is 0 Å². The molecule has 0 aliphatic heterocycles. The molecule has 60 valence electrons. The molecule has 0 heterocycles. The minimum atomic E-state index is -1.72. The summed E-state index contributed by atoms with van der Waals surface area (Å²) < 4.78 is 13.9. The number of carboxylic acids is 1. The van der Waals surface area contributed by atoms with Gasteiger partial charge in [-0.1, -0.05) is 6.42 Å². The van der Waals surface area contributed by atoms with Crippen molar-refractivity contribution in [2.75, 3.05) is 6.50 Å². The van der Waals surface area contributed by atoms with Gasteiger partial charge in [-0.15, -0.1) is 0 Å². The van der Waals surface area contributed by atoms with E-state index in [1.54, 1.807) is 0 Å². The zero-order valence-electron chi connectivity index (χ0n) is 7.71. The lowest BCUT2D eigenvalue weighted by atomic mass is 10.5. The second-order valence-electron chi connectivity index (χ2n) is 2.04. The quantitative estimate of drug-likeness (QED) is 0.367. The average molecular weight is 152 g/mol.